The maximum absolute atomic E-state index is 5.35. The average molecular weight is 308 g/mol. The van der Waals surface area contributed by atoms with E-state index in [4.69, 9.17) is 4.52 Å². The molecule has 3 rings (SSSR count). The maximum Gasteiger partial charge on any atom is 0.257 e. The summed E-state index contributed by atoms with van der Waals surface area (Å²) in [7, 11) is 0. The number of benzene rings is 1. The highest BCUT2D eigenvalue weighted by atomic mass is 79.9. The van der Waals surface area contributed by atoms with E-state index in [0.717, 1.165) is 35.4 Å². The molecule has 1 aromatic heterocycles. The van der Waals surface area contributed by atoms with Crippen molar-refractivity contribution >= 4 is 15.9 Å². The molecule has 1 N–H and O–H groups in total. The molecule has 1 fully saturated rings. The van der Waals surface area contributed by atoms with Crippen LogP contribution in [0, 0.1) is 0 Å². The van der Waals surface area contributed by atoms with Crippen LogP contribution >= 0.6 is 15.9 Å². The Hall–Kier alpha value is -1.20. The van der Waals surface area contributed by atoms with Gasteiger partial charge in [0.2, 0.25) is 0 Å². The number of piperidine rings is 1. The van der Waals surface area contributed by atoms with Gasteiger partial charge in [-0.3, -0.25) is 0 Å². The fourth-order valence-corrected chi connectivity index (χ4v) is 2.61. The SMILES string of the molecule is Brc1cccc(-c2nc(C3CCCNC3)no2)c1. The number of hydrogen-bond acceptors (Lipinski definition) is 4. The number of nitrogens with one attached hydrogen (secondary N) is 1. The summed E-state index contributed by atoms with van der Waals surface area (Å²) in [4.78, 5) is 4.51. The third kappa shape index (κ3) is 2.47. The van der Waals surface area contributed by atoms with Crippen LogP contribution in [0.2, 0.25) is 0 Å². The molecule has 94 valence electrons. The molecular formula is C13H14BrN3O. The lowest BCUT2D eigenvalue weighted by Gasteiger charge is -2.19. The molecule has 0 aliphatic carbocycles. The number of hydrogen-bond donors (Lipinski definition) is 1. The second kappa shape index (κ2) is 5.20. The second-order valence-corrected chi connectivity index (χ2v) is 5.43. The zero-order valence-corrected chi connectivity index (χ0v) is 11.5. The molecule has 0 saturated carbocycles. The molecule has 2 aromatic rings. The molecule has 4 nitrogen and oxygen atoms in total. The first-order valence-corrected chi connectivity index (χ1v) is 6.92. The Bertz CT molecular complexity index is 535. The summed E-state index contributed by atoms with van der Waals surface area (Å²) in [6.07, 6.45) is 2.30. The van der Waals surface area contributed by atoms with Crippen molar-refractivity contribution < 1.29 is 4.52 Å². The molecular weight excluding hydrogens is 294 g/mol. The summed E-state index contributed by atoms with van der Waals surface area (Å²) in [6.45, 7) is 2.03. The lowest BCUT2D eigenvalue weighted by atomic mass is 9.99. The van der Waals surface area contributed by atoms with Crippen molar-refractivity contribution in [3.05, 3.63) is 34.6 Å². The van der Waals surface area contributed by atoms with Crippen molar-refractivity contribution in [3.8, 4) is 11.5 Å². The molecule has 5 heteroatoms. The van der Waals surface area contributed by atoms with Gasteiger partial charge in [-0.15, -0.1) is 0 Å². The summed E-state index contributed by atoms with van der Waals surface area (Å²) in [5.74, 6) is 1.79. The topological polar surface area (TPSA) is 51.0 Å². The first-order valence-electron chi connectivity index (χ1n) is 6.13. The average Bonchev–Trinajstić information content (AvgIpc) is 2.89. The van der Waals surface area contributed by atoms with E-state index in [1.54, 1.807) is 0 Å². The fraction of sp³-hybridized carbons (Fsp3) is 0.385. The molecule has 0 spiro atoms. The van der Waals surface area contributed by atoms with Gasteiger partial charge in [0, 0.05) is 22.5 Å². The third-order valence-corrected chi connectivity index (χ3v) is 3.67. The lowest BCUT2D eigenvalue weighted by molar-refractivity contribution is 0.393. The molecule has 1 aromatic carbocycles. The molecule has 1 atom stereocenters. The van der Waals surface area contributed by atoms with Gasteiger partial charge in [-0.2, -0.15) is 4.98 Å². The standard InChI is InChI=1S/C13H14BrN3O/c14-11-5-1-3-9(7-11)13-16-12(17-18-13)10-4-2-6-15-8-10/h1,3,5,7,10,15H,2,4,6,8H2. The summed E-state index contributed by atoms with van der Waals surface area (Å²) in [5.41, 5.74) is 0.951. The Morgan fingerprint density at radius 1 is 1.39 bits per heavy atom. The Labute approximate surface area is 114 Å². The predicted octanol–water partition coefficient (Wildman–Crippen LogP) is 2.97. The van der Waals surface area contributed by atoms with Gasteiger partial charge in [-0.05, 0) is 37.6 Å². The van der Waals surface area contributed by atoms with Crippen LogP contribution in [-0.4, -0.2) is 23.2 Å². The normalized spacial score (nSPS) is 19.9. The van der Waals surface area contributed by atoms with E-state index >= 15 is 0 Å². The molecule has 1 aliphatic rings. The van der Waals surface area contributed by atoms with E-state index in [1.807, 2.05) is 24.3 Å². The summed E-state index contributed by atoms with van der Waals surface area (Å²) in [5, 5.41) is 7.47. The summed E-state index contributed by atoms with van der Waals surface area (Å²) >= 11 is 3.44. The molecule has 18 heavy (non-hydrogen) atoms. The zero-order valence-electron chi connectivity index (χ0n) is 9.90. The van der Waals surface area contributed by atoms with Gasteiger partial charge in [0.05, 0.1) is 0 Å². The summed E-state index contributed by atoms with van der Waals surface area (Å²) < 4.78 is 6.36. The second-order valence-electron chi connectivity index (χ2n) is 4.51. The first-order chi connectivity index (χ1) is 8.83. The highest BCUT2D eigenvalue weighted by Crippen LogP contribution is 2.25. The summed E-state index contributed by atoms with van der Waals surface area (Å²) in [6, 6.07) is 7.90. The molecule has 2 heterocycles. The van der Waals surface area contributed by atoms with Crippen LogP contribution in [0.1, 0.15) is 24.6 Å². The monoisotopic (exact) mass is 307 g/mol. The van der Waals surface area contributed by atoms with Gasteiger partial charge < -0.3 is 9.84 Å². The van der Waals surface area contributed by atoms with E-state index in [9.17, 15) is 0 Å². The van der Waals surface area contributed by atoms with Crippen LogP contribution in [0.4, 0.5) is 0 Å². The van der Waals surface area contributed by atoms with Gasteiger partial charge in [0.1, 0.15) is 0 Å². The smallest absolute Gasteiger partial charge is 0.257 e. The highest BCUT2D eigenvalue weighted by Gasteiger charge is 2.21. The maximum atomic E-state index is 5.35. The van der Waals surface area contributed by atoms with Gasteiger partial charge in [-0.1, -0.05) is 27.2 Å². The van der Waals surface area contributed by atoms with Crippen LogP contribution in [0.25, 0.3) is 11.5 Å². The molecule has 0 amide bonds. The molecule has 0 bridgehead atoms. The van der Waals surface area contributed by atoms with Crippen molar-refractivity contribution in [3.63, 3.8) is 0 Å². The minimum Gasteiger partial charge on any atom is -0.334 e. The van der Waals surface area contributed by atoms with Crippen LogP contribution in [0.5, 0.6) is 0 Å². The number of aromatic nitrogens is 2. The Morgan fingerprint density at radius 3 is 3.11 bits per heavy atom. The number of halogens is 1. The molecule has 1 unspecified atom stereocenters. The van der Waals surface area contributed by atoms with Gasteiger partial charge in [0.25, 0.3) is 5.89 Å². The predicted molar refractivity (Wildman–Crippen MR) is 72.3 cm³/mol. The minimum absolute atomic E-state index is 0.378. The van der Waals surface area contributed by atoms with Crippen LogP contribution in [0.3, 0.4) is 0 Å². The Balaban J connectivity index is 1.84. The third-order valence-electron chi connectivity index (χ3n) is 3.18. The van der Waals surface area contributed by atoms with Crippen LogP contribution in [0.15, 0.2) is 33.3 Å². The largest absolute Gasteiger partial charge is 0.334 e. The first kappa shape index (κ1) is 11.9. The molecule has 1 aliphatic heterocycles. The van der Waals surface area contributed by atoms with Crippen LogP contribution in [-0.2, 0) is 0 Å². The van der Waals surface area contributed by atoms with Crippen molar-refractivity contribution in [1.29, 1.82) is 0 Å². The van der Waals surface area contributed by atoms with Crippen molar-refractivity contribution in [1.82, 2.24) is 15.5 Å². The number of rotatable bonds is 2. The van der Waals surface area contributed by atoms with Crippen LogP contribution < -0.4 is 5.32 Å². The number of nitrogens with zero attached hydrogens (tertiary/aromatic N) is 2. The van der Waals surface area contributed by atoms with E-state index < -0.39 is 0 Å². The Kier molecular flexibility index (Phi) is 3.43. The molecule has 1 saturated heterocycles. The van der Waals surface area contributed by atoms with Crippen molar-refractivity contribution in [2.45, 2.75) is 18.8 Å². The fourth-order valence-electron chi connectivity index (χ4n) is 2.21. The van der Waals surface area contributed by atoms with Crippen molar-refractivity contribution in [2.75, 3.05) is 13.1 Å². The van der Waals surface area contributed by atoms with Gasteiger partial charge >= 0.3 is 0 Å². The quantitative estimate of drug-likeness (QED) is 0.926. The van der Waals surface area contributed by atoms with Gasteiger partial charge in [0.15, 0.2) is 5.82 Å². The van der Waals surface area contributed by atoms with E-state index in [0.29, 0.717) is 11.8 Å². The highest BCUT2D eigenvalue weighted by molar-refractivity contribution is 9.10. The van der Waals surface area contributed by atoms with E-state index in [-0.39, 0.29) is 0 Å². The van der Waals surface area contributed by atoms with Crippen molar-refractivity contribution in [2.24, 2.45) is 0 Å². The lowest BCUT2D eigenvalue weighted by Crippen LogP contribution is -2.28. The zero-order chi connectivity index (χ0) is 12.4. The molecule has 0 radical (unpaired) electrons. The van der Waals surface area contributed by atoms with E-state index in [1.165, 1.54) is 6.42 Å². The Morgan fingerprint density at radius 2 is 2.33 bits per heavy atom. The van der Waals surface area contributed by atoms with Gasteiger partial charge in [-0.25, -0.2) is 0 Å². The van der Waals surface area contributed by atoms with E-state index in [2.05, 4.69) is 31.4 Å². The minimum atomic E-state index is 0.378.